The zero-order valence-corrected chi connectivity index (χ0v) is 23.1. The van der Waals surface area contributed by atoms with Crippen LogP contribution in [-0.2, 0) is 14.2 Å². The number of aliphatic hydroxyl groups is 6. The normalized spacial score (nSPS) is 33.0. The van der Waals surface area contributed by atoms with Crippen molar-refractivity contribution < 1.29 is 73.7 Å². The predicted molar refractivity (Wildman–Crippen MR) is 142 cm³/mol. The van der Waals surface area contributed by atoms with Crippen LogP contribution in [-0.4, -0.2) is 123 Å². The number of benzene rings is 2. The van der Waals surface area contributed by atoms with E-state index in [2.05, 4.69) is 0 Å². The molecule has 2 aromatic carbocycles. The third-order valence-electron chi connectivity index (χ3n) is 7.55. The zero-order valence-electron chi connectivity index (χ0n) is 23.1. The van der Waals surface area contributed by atoms with E-state index in [0.29, 0.717) is 0 Å². The smallest absolute Gasteiger partial charge is 0.230 e. The van der Waals surface area contributed by atoms with Gasteiger partial charge >= 0.3 is 0 Å². The number of ether oxygens (including phenoxy) is 6. The van der Waals surface area contributed by atoms with E-state index in [1.165, 1.54) is 33.3 Å². The molecule has 0 spiro atoms. The Labute approximate surface area is 242 Å². The largest absolute Gasteiger partial charge is 0.507 e. The van der Waals surface area contributed by atoms with Crippen LogP contribution in [0.15, 0.2) is 27.4 Å². The summed E-state index contributed by atoms with van der Waals surface area (Å²) in [4.78, 5) is 13.5. The van der Waals surface area contributed by atoms with E-state index < -0.39 is 90.3 Å². The van der Waals surface area contributed by atoms with Crippen LogP contribution in [0.25, 0.3) is 21.9 Å². The maximum Gasteiger partial charge on any atom is 0.230 e. The molecule has 43 heavy (non-hydrogen) atoms. The molecule has 2 saturated heterocycles. The van der Waals surface area contributed by atoms with E-state index >= 15 is 0 Å². The molecule has 3 heterocycles. The van der Waals surface area contributed by atoms with E-state index in [0.717, 1.165) is 6.07 Å². The summed E-state index contributed by atoms with van der Waals surface area (Å²) in [5.74, 6) is -1.69. The number of hydrogen-bond acceptors (Lipinski definition) is 16. The van der Waals surface area contributed by atoms with Gasteiger partial charge in [-0.05, 0) is 19.1 Å². The summed E-state index contributed by atoms with van der Waals surface area (Å²) in [6.07, 6.45) is -16.0. The highest BCUT2D eigenvalue weighted by Gasteiger charge is 2.51. The topological polar surface area (TPSA) is 247 Å². The van der Waals surface area contributed by atoms with E-state index in [1.54, 1.807) is 0 Å². The molecule has 0 unspecified atom stereocenters. The molecule has 16 heteroatoms. The highest BCUT2D eigenvalue weighted by atomic mass is 16.8. The first-order valence-electron chi connectivity index (χ1n) is 13.1. The maximum absolute atomic E-state index is 13.5. The molecular formula is C27H32O16. The molecule has 10 atom stereocenters. The van der Waals surface area contributed by atoms with Crippen LogP contribution in [0.5, 0.6) is 28.7 Å². The third kappa shape index (κ3) is 5.20. The number of aromatic hydroxyl groups is 2. The first kappa shape index (κ1) is 31.0. The first-order chi connectivity index (χ1) is 20.4. The van der Waals surface area contributed by atoms with Crippen molar-refractivity contribution in [2.45, 2.75) is 68.3 Å². The molecule has 5 rings (SSSR count). The molecule has 2 fully saturated rings. The Morgan fingerprint density at radius 1 is 0.837 bits per heavy atom. The molecule has 0 bridgehead atoms. The zero-order chi connectivity index (χ0) is 31.3. The second-order valence-corrected chi connectivity index (χ2v) is 10.2. The lowest BCUT2D eigenvalue weighted by atomic mass is 9.97. The van der Waals surface area contributed by atoms with Gasteiger partial charge in [0.2, 0.25) is 17.5 Å². The second kappa shape index (κ2) is 11.9. The summed E-state index contributed by atoms with van der Waals surface area (Å²) in [5.41, 5.74) is -1.36. The Kier molecular flexibility index (Phi) is 8.59. The number of phenolic OH excluding ortho intramolecular Hbond substituents is 2. The molecule has 0 saturated carbocycles. The van der Waals surface area contributed by atoms with Crippen molar-refractivity contribution in [2.24, 2.45) is 0 Å². The maximum atomic E-state index is 13.5. The lowest BCUT2D eigenvalue weighted by Gasteiger charge is -2.45. The van der Waals surface area contributed by atoms with Crippen molar-refractivity contribution in [3.8, 4) is 28.7 Å². The number of fused-ring (bicyclic) bond motifs is 2. The molecule has 16 nitrogen and oxygen atoms in total. The minimum Gasteiger partial charge on any atom is -0.507 e. The summed E-state index contributed by atoms with van der Waals surface area (Å²) in [6, 6.07) is 3.70. The summed E-state index contributed by atoms with van der Waals surface area (Å²) in [5, 5.41) is 82.6. The quantitative estimate of drug-likeness (QED) is 0.140. The molecule has 0 radical (unpaired) electrons. The summed E-state index contributed by atoms with van der Waals surface area (Å²) >= 11 is 0. The van der Waals surface area contributed by atoms with Crippen LogP contribution in [0.4, 0.5) is 0 Å². The Balaban J connectivity index is 1.62. The van der Waals surface area contributed by atoms with E-state index in [4.69, 9.17) is 32.8 Å². The van der Waals surface area contributed by atoms with Gasteiger partial charge in [0.1, 0.15) is 58.7 Å². The van der Waals surface area contributed by atoms with Crippen molar-refractivity contribution >= 4 is 21.9 Å². The van der Waals surface area contributed by atoms with Crippen LogP contribution in [0.3, 0.4) is 0 Å². The van der Waals surface area contributed by atoms with Crippen molar-refractivity contribution in [1.29, 1.82) is 0 Å². The molecule has 0 amide bonds. The highest BCUT2D eigenvalue weighted by molar-refractivity contribution is 6.00. The fourth-order valence-electron chi connectivity index (χ4n) is 5.13. The van der Waals surface area contributed by atoms with Crippen LogP contribution in [0.2, 0.25) is 0 Å². The number of hydrogen-bond donors (Lipinski definition) is 8. The van der Waals surface area contributed by atoms with Gasteiger partial charge < -0.3 is 73.7 Å². The van der Waals surface area contributed by atoms with Crippen LogP contribution < -0.4 is 19.6 Å². The van der Waals surface area contributed by atoms with Gasteiger partial charge in [-0.25, -0.2) is 0 Å². The standard InChI is InChI=1S/C27H32O16/c1-8-16(30)20(34)22(36)26(39-8)43-25-21(35)18(32)13(7-28)41-27(25)42-23-12(38-3)6-9(29)14-19(33)15-10(40-24(14)23)4-5-11(37-2)17(15)31/h4-6,8,13,16,18,20-22,25-32,34-36H,7H2,1-3H3/t8-,13+,16-,18+,20+,21-,22+,25+,26-,27-/m0/s1. The average Bonchev–Trinajstić information content (AvgIpc) is 2.99. The number of aliphatic hydroxyl groups excluding tert-OH is 6. The van der Waals surface area contributed by atoms with E-state index in [9.17, 15) is 45.6 Å². The number of rotatable bonds is 7. The van der Waals surface area contributed by atoms with Gasteiger partial charge in [-0.1, -0.05) is 0 Å². The minimum absolute atomic E-state index is 0.0270. The second-order valence-electron chi connectivity index (χ2n) is 10.2. The van der Waals surface area contributed by atoms with Crippen LogP contribution in [0.1, 0.15) is 6.92 Å². The SMILES string of the molecule is COc1cc(O)c2c(=O)c3c(O)c(OC)ccc3oc2c1O[C@@H]1O[C@H](CO)[C@@H](O)[C@H](O)[C@H]1O[C@@H]1O[C@@H](C)[C@H](O)[C@@H](O)[C@H]1O. The molecule has 236 valence electrons. The third-order valence-corrected chi connectivity index (χ3v) is 7.55. The lowest BCUT2D eigenvalue weighted by Crippen LogP contribution is -2.64. The van der Waals surface area contributed by atoms with Gasteiger partial charge in [0, 0.05) is 6.07 Å². The van der Waals surface area contributed by atoms with Gasteiger partial charge in [0.15, 0.2) is 35.2 Å². The van der Waals surface area contributed by atoms with Crippen molar-refractivity contribution in [2.75, 3.05) is 20.8 Å². The fourth-order valence-corrected chi connectivity index (χ4v) is 5.13. The lowest BCUT2D eigenvalue weighted by molar-refractivity contribution is -0.354. The molecule has 8 N–H and O–H groups in total. The van der Waals surface area contributed by atoms with E-state index in [1.807, 2.05) is 0 Å². The minimum atomic E-state index is -1.84. The predicted octanol–water partition coefficient (Wildman–Crippen LogP) is -1.59. The highest BCUT2D eigenvalue weighted by Crippen LogP contribution is 2.44. The Morgan fingerprint density at radius 2 is 1.53 bits per heavy atom. The fraction of sp³-hybridized carbons (Fsp3) is 0.519. The molecule has 2 aliphatic rings. The number of phenols is 2. The number of methoxy groups -OCH3 is 2. The first-order valence-corrected chi connectivity index (χ1v) is 13.1. The van der Waals surface area contributed by atoms with Gasteiger partial charge in [0.05, 0.1) is 26.9 Å². The Bertz CT molecular complexity index is 1540. The molecular weight excluding hydrogens is 580 g/mol. The Morgan fingerprint density at radius 3 is 2.19 bits per heavy atom. The average molecular weight is 613 g/mol. The monoisotopic (exact) mass is 612 g/mol. The van der Waals surface area contributed by atoms with Gasteiger partial charge in [-0.3, -0.25) is 4.79 Å². The molecule has 0 aliphatic carbocycles. The molecule has 1 aromatic heterocycles. The van der Waals surface area contributed by atoms with Crippen LogP contribution >= 0.6 is 0 Å². The Hall–Kier alpha value is -3.45. The summed E-state index contributed by atoms with van der Waals surface area (Å²) in [7, 11) is 2.50. The van der Waals surface area contributed by atoms with Crippen molar-refractivity contribution in [3.05, 3.63) is 28.4 Å². The molecule has 2 aliphatic heterocycles. The van der Waals surface area contributed by atoms with Gasteiger partial charge in [-0.15, -0.1) is 0 Å². The van der Waals surface area contributed by atoms with E-state index in [-0.39, 0.29) is 33.8 Å². The summed E-state index contributed by atoms with van der Waals surface area (Å²) < 4.78 is 39.1. The van der Waals surface area contributed by atoms with Gasteiger partial charge in [-0.2, -0.15) is 0 Å². The summed E-state index contributed by atoms with van der Waals surface area (Å²) in [6.45, 7) is 0.630. The van der Waals surface area contributed by atoms with Crippen LogP contribution in [0, 0.1) is 0 Å². The molecule has 3 aromatic rings. The van der Waals surface area contributed by atoms with Crippen molar-refractivity contribution in [3.63, 3.8) is 0 Å². The van der Waals surface area contributed by atoms with Gasteiger partial charge in [0.25, 0.3) is 0 Å². The van der Waals surface area contributed by atoms with Crippen molar-refractivity contribution in [1.82, 2.24) is 0 Å².